The predicted molar refractivity (Wildman–Crippen MR) is 288 cm³/mol. The molecule has 84 heavy (non-hydrogen) atoms. The van der Waals surface area contributed by atoms with Crippen LogP contribution in [0.5, 0.6) is 0 Å². The van der Waals surface area contributed by atoms with Gasteiger partial charge in [0, 0.05) is 98.7 Å². The summed E-state index contributed by atoms with van der Waals surface area (Å²) in [5, 5.41) is 0. The Kier molecular flexibility index (Phi) is 20.3. The van der Waals surface area contributed by atoms with E-state index in [0.717, 1.165) is 116 Å². The van der Waals surface area contributed by atoms with Gasteiger partial charge in [-0.3, -0.25) is 18.2 Å². The fourth-order valence-electron chi connectivity index (χ4n) is 7.48. The van der Waals surface area contributed by atoms with Gasteiger partial charge in [0.25, 0.3) is 0 Å². The molecule has 6 N–H and O–H groups in total. The van der Waals surface area contributed by atoms with Crippen molar-refractivity contribution in [2.75, 3.05) is 54.4 Å². The Labute approximate surface area is 470 Å². The number of nitrogens with zero attached hydrogens (tertiary/aromatic N) is 6. The molecule has 0 aliphatic carbocycles. The number of aromatic amines is 2. The maximum atomic E-state index is 10.7. The first kappa shape index (κ1) is 67.3. The molecule has 36 heteroatoms. The smallest absolute Gasteiger partial charge is 0.377 e. The highest BCUT2D eigenvalue weighted by atomic mass is 32.2. The molecule has 0 radical (unpaired) electrons. The number of hydrogen-bond acceptors (Lipinski definition) is 14. The van der Waals surface area contributed by atoms with Gasteiger partial charge in [0.05, 0.1) is 22.8 Å². The zero-order valence-electron chi connectivity index (χ0n) is 43.3. The van der Waals surface area contributed by atoms with Gasteiger partial charge in [0.2, 0.25) is 0 Å². The highest BCUT2D eigenvalue weighted by Crippen LogP contribution is 2.37. The van der Waals surface area contributed by atoms with Gasteiger partial charge < -0.3 is 29.6 Å². The standard InChI is InChI=1S/C44H42N8.4CHF3O3S/c1-49-21-13-29(14-22-49)41-33-5-7-35(45-33)42(30-15-23-50(2)24-16-30)37-9-11-39(47-37)44(32-19-27-52(4)28-20-32)40-12-10-38(48-40)43(36-8-6-34(41)46-36)31-17-25-51(3)26-18-31;4*2-1(3,4)8(5,6)7/h5-21,23,25,27,45,48H,22,24,26,28H2,1-4H3;4*(H,5,6,7). The first-order valence-electron chi connectivity index (χ1n) is 23.0. The molecule has 3 aromatic rings. The van der Waals surface area contributed by atoms with Crippen LogP contribution in [0.25, 0.3) is 68.7 Å². The van der Waals surface area contributed by atoms with Crippen molar-refractivity contribution in [3.05, 3.63) is 143 Å². The maximum Gasteiger partial charge on any atom is 0.522 e. The second-order valence-electron chi connectivity index (χ2n) is 17.8. The lowest BCUT2D eigenvalue weighted by atomic mass is 10.0. The summed E-state index contributed by atoms with van der Waals surface area (Å²) in [5.41, 5.74) is -5.45. The maximum absolute atomic E-state index is 10.7. The minimum Gasteiger partial charge on any atom is -0.377 e. The van der Waals surface area contributed by atoms with Gasteiger partial charge >= 0.3 is 62.5 Å². The summed E-state index contributed by atoms with van der Waals surface area (Å²) in [6.45, 7) is 3.31. The number of aromatic nitrogens is 4. The zero-order chi connectivity index (χ0) is 63.3. The average Bonchev–Trinajstić information content (AvgIpc) is 2.00. The number of halogens is 12. The van der Waals surface area contributed by atoms with Crippen LogP contribution in [0.15, 0.2) is 97.7 Å². The number of H-pyrrole nitrogens is 2. The van der Waals surface area contributed by atoms with Crippen LogP contribution in [0.1, 0.15) is 45.0 Å². The van der Waals surface area contributed by atoms with Crippen molar-refractivity contribution >= 4 is 109 Å². The summed E-state index contributed by atoms with van der Waals surface area (Å²) in [5.74, 6) is 0. The highest BCUT2D eigenvalue weighted by molar-refractivity contribution is 7.87. The molecule has 20 nitrogen and oxygen atoms in total. The largest absolute Gasteiger partial charge is 0.522 e. The molecular weight excluding hydrogens is 1240 g/mol. The molecule has 0 unspecified atom stereocenters. The fraction of sp³-hybridized carbons (Fsp3) is 0.250. The average molecular weight is 1280 g/mol. The van der Waals surface area contributed by atoms with E-state index in [-0.39, 0.29) is 0 Å². The first-order chi connectivity index (χ1) is 38.4. The van der Waals surface area contributed by atoms with Crippen LogP contribution >= 0.6 is 0 Å². The van der Waals surface area contributed by atoms with Crippen molar-refractivity contribution in [3.8, 4) is 0 Å². The van der Waals surface area contributed by atoms with E-state index in [0.29, 0.717) is 0 Å². The second kappa shape index (κ2) is 25.4. The van der Waals surface area contributed by atoms with Crippen molar-refractivity contribution in [3.63, 3.8) is 0 Å². The van der Waals surface area contributed by atoms with Crippen LogP contribution in [0.3, 0.4) is 0 Å². The summed E-state index contributed by atoms with van der Waals surface area (Å²) in [7, 11) is -15.0. The van der Waals surface area contributed by atoms with Crippen LogP contribution < -0.4 is 0 Å². The monoisotopic (exact) mass is 1280 g/mol. The Morgan fingerprint density at radius 3 is 0.655 bits per heavy atom. The topological polar surface area (TPSA) is 288 Å². The SMILES string of the molecule is CN1C=CC(c2c3nc(c(C4=CCN(C)C=C4)c4ccc([nH]4)c(C4=CCN(C)C=C4)c4nc(c(C5=CCN(C)C=C5)c5ccc2[nH]5)C=C4)C=C3)=CC1.O=S(=O)(O)C(F)(F)F.O=S(=O)(O)C(F)(F)F.O=S(=O)(O)C(F)(F)F.O=S(=O)(O)C(F)(F)F. The third-order valence-corrected chi connectivity index (χ3v) is 13.8. The first-order valence-corrected chi connectivity index (χ1v) is 28.8. The van der Waals surface area contributed by atoms with Gasteiger partial charge in [0.1, 0.15) is 0 Å². The summed E-state index contributed by atoms with van der Waals surface area (Å²) in [6, 6.07) is 8.79. The van der Waals surface area contributed by atoms with Crippen molar-refractivity contribution in [2.45, 2.75) is 22.0 Å². The van der Waals surface area contributed by atoms with Gasteiger partial charge in [0.15, 0.2) is 0 Å². The minimum atomic E-state index is -5.84. The van der Waals surface area contributed by atoms with E-state index in [1.165, 1.54) is 0 Å². The van der Waals surface area contributed by atoms with Crippen molar-refractivity contribution in [1.82, 2.24) is 39.5 Å². The van der Waals surface area contributed by atoms with Gasteiger partial charge in [-0.1, -0.05) is 24.3 Å². The molecule has 0 fully saturated rings. The second-order valence-corrected chi connectivity index (χ2v) is 23.5. The fourth-order valence-corrected chi connectivity index (χ4v) is 7.48. The van der Waals surface area contributed by atoms with Crippen LogP contribution in [0.4, 0.5) is 52.7 Å². The van der Waals surface area contributed by atoms with Crippen LogP contribution in [-0.4, -0.2) is 168 Å². The van der Waals surface area contributed by atoms with E-state index in [9.17, 15) is 52.7 Å². The summed E-state index contributed by atoms with van der Waals surface area (Å²) in [4.78, 5) is 27.3. The lowest BCUT2D eigenvalue weighted by Crippen LogP contribution is -2.21. The van der Waals surface area contributed by atoms with E-state index in [4.69, 9.17) is 61.9 Å². The number of alkyl halides is 12. The van der Waals surface area contributed by atoms with E-state index in [1.807, 2.05) is 0 Å². The lowest BCUT2D eigenvalue weighted by molar-refractivity contribution is -0.0514. The molecule has 6 aliphatic heterocycles. The molecule has 6 aliphatic rings. The molecular formula is C48H46F12N8O12S4. The number of allylic oxidation sites excluding steroid dienone is 8. The molecule has 8 bridgehead atoms. The zero-order valence-corrected chi connectivity index (χ0v) is 46.5. The predicted octanol–water partition coefficient (Wildman–Crippen LogP) is 9.60. The number of likely N-dealkylation sites (N-methyl/N-ethyl adjacent to an activating group) is 4. The Hall–Kier alpha value is -7.48. The molecule has 0 aromatic carbocycles. The summed E-state index contributed by atoms with van der Waals surface area (Å²) in [6.07, 6.45) is 35.2. The Morgan fingerprint density at radius 1 is 0.357 bits per heavy atom. The van der Waals surface area contributed by atoms with Crippen LogP contribution in [0.2, 0.25) is 0 Å². The van der Waals surface area contributed by atoms with Crippen molar-refractivity contribution in [2.24, 2.45) is 0 Å². The van der Waals surface area contributed by atoms with E-state index < -0.39 is 62.5 Å². The molecule has 0 atom stereocenters. The third kappa shape index (κ3) is 17.3. The molecule has 3 aromatic heterocycles. The molecule has 9 rings (SSSR count). The van der Waals surface area contributed by atoms with Gasteiger partial charge in [-0.25, -0.2) is 9.97 Å². The molecule has 9 heterocycles. The van der Waals surface area contributed by atoms with E-state index in [1.54, 1.807) is 0 Å². The Balaban J connectivity index is 0.000000329. The van der Waals surface area contributed by atoms with Crippen molar-refractivity contribution in [1.29, 1.82) is 0 Å². The molecule has 0 saturated heterocycles. The molecule has 0 saturated carbocycles. The molecule has 0 amide bonds. The van der Waals surface area contributed by atoms with Crippen LogP contribution in [-0.2, 0) is 40.5 Å². The number of nitrogens with one attached hydrogen (secondary N) is 2. The minimum absolute atomic E-state index is 0.827. The van der Waals surface area contributed by atoms with E-state index in [2.05, 4.69) is 180 Å². The quantitative estimate of drug-likeness (QED) is 0.0554. The van der Waals surface area contributed by atoms with Crippen LogP contribution in [0, 0.1) is 0 Å². The molecule has 458 valence electrons. The van der Waals surface area contributed by atoms with Gasteiger partial charge in [-0.15, -0.1) is 0 Å². The Morgan fingerprint density at radius 2 is 0.524 bits per heavy atom. The summed E-state index contributed by atoms with van der Waals surface area (Å²) < 4.78 is 230. The number of hydrogen-bond donors (Lipinski definition) is 6. The summed E-state index contributed by atoms with van der Waals surface area (Å²) >= 11 is 0. The van der Waals surface area contributed by atoms with Crippen molar-refractivity contribution < 1.29 is 105 Å². The highest BCUT2D eigenvalue weighted by Gasteiger charge is 2.46. The lowest BCUT2D eigenvalue weighted by Gasteiger charge is -2.18. The number of fused-ring (bicyclic) bond motifs is 8. The van der Waals surface area contributed by atoms with Gasteiger partial charge in [-0.05, 0) is 120 Å². The Bertz CT molecular complexity index is 3500. The third-order valence-electron chi connectivity index (χ3n) is 11.5. The molecule has 0 spiro atoms. The number of rotatable bonds is 4. The normalized spacial score (nSPS) is 16.4. The van der Waals surface area contributed by atoms with E-state index >= 15 is 0 Å². The van der Waals surface area contributed by atoms with Gasteiger partial charge in [-0.2, -0.15) is 86.4 Å².